The third-order valence-corrected chi connectivity index (χ3v) is 4.15. The fraction of sp³-hybridized carbons (Fsp3) is 0.667. The molecule has 0 spiro atoms. The van der Waals surface area contributed by atoms with E-state index >= 15 is 0 Å². The van der Waals surface area contributed by atoms with Gasteiger partial charge in [-0.2, -0.15) is 0 Å². The predicted molar refractivity (Wildman–Crippen MR) is 84.4 cm³/mol. The number of nitrogens with one attached hydrogen (secondary N) is 2. The van der Waals surface area contributed by atoms with Crippen molar-refractivity contribution in [3.63, 3.8) is 0 Å². The maximum atomic E-state index is 11.6. The van der Waals surface area contributed by atoms with Crippen LogP contribution in [0.15, 0.2) is 12.4 Å². The van der Waals surface area contributed by atoms with Crippen LogP contribution in [0, 0.1) is 11.8 Å². The van der Waals surface area contributed by atoms with Gasteiger partial charge in [0.15, 0.2) is 0 Å². The number of aromatic nitrogens is 2. The van der Waals surface area contributed by atoms with Crippen LogP contribution in [-0.2, 0) is 4.79 Å². The minimum atomic E-state index is 0.188. The summed E-state index contributed by atoms with van der Waals surface area (Å²) in [6.45, 7) is 0.907. The summed E-state index contributed by atoms with van der Waals surface area (Å²) >= 11 is 0. The molecule has 21 heavy (non-hydrogen) atoms. The van der Waals surface area contributed by atoms with Gasteiger partial charge in [0, 0.05) is 39.7 Å². The van der Waals surface area contributed by atoms with E-state index in [4.69, 9.17) is 0 Å². The summed E-state index contributed by atoms with van der Waals surface area (Å²) in [4.78, 5) is 22.0. The molecule has 1 aliphatic rings. The smallest absolute Gasteiger partial charge is 0.222 e. The Morgan fingerprint density at radius 3 is 2.62 bits per heavy atom. The molecule has 2 rings (SSSR count). The zero-order chi connectivity index (χ0) is 15.2. The zero-order valence-corrected chi connectivity index (χ0v) is 13.1. The third kappa shape index (κ3) is 4.31. The van der Waals surface area contributed by atoms with Crippen LogP contribution in [0.5, 0.6) is 0 Å². The normalized spacial score (nSPS) is 21.7. The number of rotatable bonds is 5. The van der Waals surface area contributed by atoms with Crippen molar-refractivity contribution in [2.45, 2.75) is 25.7 Å². The first-order chi connectivity index (χ1) is 10.1. The van der Waals surface area contributed by atoms with E-state index in [1.54, 1.807) is 13.4 Å². The summed E-state index contributed by atoms with van der Waals surface area (Å²) in [7, 11) is 5.64. The van der Waals surface area contributed by atoms with Gasteiger partial charge in [0.05, 0.1) is 0 Å². The molecule has 116 valence electrons. The van der Waals surface area contributed by atoms with Crippen LogP contribution >= 0.6 is 0 Å². The molecular weight excluding hydrogens is 266 g/mol. The van der Waals surface area contributed by atoms with Gasteiger partial charge in [-0.15, -0.1) is 0 Å². The molecule has 0 aromatic carbocycles. The summed E-state index contributed by atoms with van der Waals surface area (Å²) in [6.07, 6.45) is 5.74. The largest absolute Gasteiger partial charge is 0.370 e. The van der Waals surface area contributed by atoms with Crippen molar-refractivity contribution in [3.05, 3.63) is 12.4 Å². The van der Waals surface area contributed by atoms with Crippen molar-refractivity contribution in [1.29, 1.82) is 0 Å². The Kier molecular flexibility index (Phi) is 5.36. The highest BCUT2D eigenvalue weighted by molar-refractivity contribution is 5.78. The van der Waals surface area contributed by atoms with Crippen LogP contribution in [0.2, 0.25) is 0 Å². The van der Waals surface area contributed by atoms with Gasteiger partial charge in [-0.1, -0.05) is 0 Å². The van der Waals surface area contributed by atoms with Gasteiger partial charge in [0.1, 0.15) is 18.0 Å². The molecule has 0 saturated heterocycles. The molecule has 0 bridgehead atoms. The number of carbonyl (C=O) groups is 1. The van der Waals surface area contributed by atoms with Crippen molar-refractivity contribution in [2.24, 2.45) is 11.8 Å². The molecule has 1 saturated carbocycles. The summed E-state index contributed by atoms with van der Waals surface area (Å²) in [5.41, 5.74) is 0. The standard InChI is InChI=1S/C15H25N5O/c1-16-15(21)12-6-4-11(5-7-12)9-17-13-8-14(20(2)3)19-10-18-13/h8,10-12H,4-7,9H2,1-3H3,(H,16,21)(H,17,18,19). The SMILES string of the molecule is CNC(=O)C1CCC(CNc2cc(N(C)C)ncn2)CC1. The van der Waals surface area contributed by atoms with E-state index in [0.717, 1.165) is 43.9 Å². The lowest BCUT2D eigenvalue weighted by molar-refractivity contribution is -0.125. The molecule has 6 nitrogen and oxygen atoms in total. The minimum absolute atomic E-state index is 0.188. The van der Waals surface area contributed by atoms with Gasteiger partial charge in [-0.3, -0.25) is 4.79 Å². The second kappa shape index (κ2) is 7.24. The molecule has 0 radical (unpaired) electrons. The summed E-state index contributed by atoms with van der Waals surface area (Å²) in [5, 5.41) is 6.14. The van der Waals surface area contributed by atoms with E-state index in [2.05, 4.69) is 20.6 Å². The molecule has 1 fully saturated rings. The van der Waals surface area contributed by atoms with E-state index < -0.39 is 0 Å². The molecule has 1 heterocycles. The first-order valence-corrected chi connectivity index (χ1v) is 7.55. The fourth-order valence-electron chi connectivity index (χ4n) is 2.77. The number of hydrogen-bond acceptors (Lipinski definition) is 5. The van der Waals surface area contributed by atoms with Gasteiger partial charge in [0.25, 0.3) is 0 Å². The van der Waals surface area contributed by atoms with Crippen molar-refractivity contribution < 1.29 is 4.79 Å². The maximum absolute atomic E-state index is 11.6. The van der Waals surface area contributed by atoms with Gasteiger partial charge >= 0.3 is 0 Å². The van der Waals surface area contributed by atoms with E-state index in [1.807, 2.05) is 25.1 Å². The van der Waals surface area contributed by atoms with Crippen molar-refractivity contribution in [2.75, 3.05) is 37.9 Å². The Morgan fingerprint density at radius 2 is 2.00 bits per heavy atom. The number of anilines is 2. The van der Waals surface area contributed by atoms with Crippen LogP contribution in [-0.4, -0.2) is 43.6 Å². The quantitative estimate of drug-likeness (QED) is 0.860. The second-order valence-electron chi connectivity index (χ2n) is 5.87. The Balaban J connectivity index is 1.79. The molecule has 1 aromatic heterocycles. The average molecular weight is 291 g/mol. The van der Waals surface area contributed by atoms with Gasteiger partial charge in [-0.05, 0) is 31.6 Å². The lowest BCUT2D eigenvalue weighted by Gasteiger charge is -2.27. The van der Waals surface area contributed by atoms with E-state index in [-0.39, 0.29) is 11.8 Å². The highest BCUT2D eigenvalue weighted by Crippen LogP contribution is 2.29. The van der Waals surface area contributed by atoms with Crippen molar-refractivity contribution in [3.8, 4) is 0 Å². The molecule has 1 aliphatic carbocycles. The summed E-state index contributed by atoms with van der Waals surface area (Å²) < 4.78 is 0. The fourth-order valence-corrected chi connectivity index (χ4v) is 2.77. The Bertz CT molecular complexity index is 469. The van der Waals surface area contributed by atoms with Crippen LogP contribution in [0.3, 0.4) is 0 Å². The van der Waals surface area contributed by atoms with Gasteiger partial charge in [-0.25, -0.2) is 9.97 Å². The Labute approximate surface area is 126 Å². The van der Waals surface area contributed by atoms with E-state index in [1.165, 1.54) is 0 Å². The van der Waals surface area contributed by atoms with Crippen LogP contribution in [0.4, 0.5) is 11.6 Å². The minimum Gasteiger partial charge on any atom is -0.370 e. The number of carbonyl (C=O) groups excluding carboxylic acids is 1. The first kappa shape index (κ1) is 15.5. The van der Waals surface area contributed by atoms with Crippen molar-refractivity contribution in [1.82, 2.24) is 15.3 Å². The summed E-state index contributed by atoms with van der Waals surface area (Å²) in [5.74, 6) is 2.76. The lowest BCUT2D eigenvalue weighted by atomic mass is 9.81. The monoisotopic (exact) mass is 291 g/mol. The molecule has 0 unspecified atom stereocenters. The highest BCUT2D eigenvalue weighted by atomic mass is 16.1. The molecule has 0 aliphatic heterocycles. The van der Waals surface area contributed by atoms with Crippen molar-refractivity contribution >= 4 is 17.5 Å². The van der Waals surface area contributed by atoms with E-state index in [9.17, 15) is 4.79 Å². The zero-order valence-electron chi connectivity index (χ0n) is 13.1. The van der Waals surface area contributed by atoms with Crippen LogP contribution in [0.25, 0.3) is 0 Å². The second-order valence-corrected chi connectivity index (χ2v) is 5.87. The molecule has 2 N–H and O–H groups in total. The van der Waals surface area contributed by atoms with Gasteiger partial charge in [0.2, 0.25) is 5.91 Å². The number of nitrogens with zero attached hydrogens (tertiary/aromatic N) is 3. The van der Waals surface area contributed by atoms with Crippen LogP contribution in [0.1, 0.15) is 25.7 Å². The highest BCUT2D eigenvalue weighted by Gasteiger charge is 2.25. The molecule has 1 aromatic rings. The Hall–Kier alpha value is -1.85. The average Bonchev–Trinajstić information content (AvgIpc) is 2.53. The number of hydrogen-bond donors (Lipinski definition) is 2. The van der Waals surface area contributed by atoms with Crippen LogP contribution < -0.4 is 15.5 Å². The number of amides is 1. The Morgan fingerprint density at radius 1 is 1.29 bits per heavy atom. The van der Waals surface area contributed by atoms with Gasteiger partial charge < -0.3 is 15.5 Å². The van der Waals surface area contributed by atoms with E-state index in [0.29, 0.717) is 5.92 Å². The third-order valence-electron chi connectivity index (χ3n) is 4.15. The predicted octanol–water partition coefficient (Wildman–Crippen LogP) is 1.51. The summed E-state index contributed by atoms with van der Waals surface area (Å²) in [6, 6.07) is 1.95. The lowest BCUT2D eigenvalue weighted by Crippen LogP contribution is -2.32. The topological polar surface area (TPSA) is 70.2 Å². The molecule has 1 amide bonds. The molecule has 0 atom stereocenters. The first-order valence-electron chi connectivity index (χ1n) is 7.55. The molecule has 6 heteroatoms. The maximum Gasteiger partial charge on any atom is 0.222 e. The molecular formula is C15H25N5O.